The highest BCUT2D eigenvalue weighted by atomic mass is 16.6. The van der Waals surface area contributed by atoms with Crippen LogP contribution in [0.15, 0.2) is 96.1 Å². The second-order valence-corrected chi connectivity index (χ2v) is 9.11. The molecule has 4 rings (SSSR count). The molecule has 0 bridgehead atoms. The Labute approximate surface area is 258 Å². The Morgan fingerprint density at radius 1 is 0.644 bits per heavy atom. The summed E-state index contributed by atoms with van der Waals surface area (Å²) < 4.78 is 26.8. The summed E-state index contributed by atoms with van der Waals surface area (Å²) in [5.74, 6) is -1.63. The number of rotatable bonds is 12. The average Bonchev–Trinajstić information content (AvgIpc) is 3.08. The van der Waals surface area contributed by atoms with Gasteiger partial charge in [0, 0.05) is 5.56 Å². The normalized spacial score (nSPS) is 10.5. The number of nitrogens with zero attached hydrogens (tertiary/aromatic N) is 1. The molecule has 230 valence electrons. The van der Waals surface area contributed by atoms with Crippen LogP contribution in [0.4, 0.5) is 0 Å². The molecule has 0 spiro atoms. The van der Waals surface area contributed by atoms with Gasteiger partial charge in [-0.3, -0.25) is 9.59 Å². The van der Waals surface area contributed by atoms with Gasteiger partial charge in [-0.2, -0.15) is 5.10 Å². The Bertz CT molecular complexity index is 1680. The minimum atomic E-state index is -0.669. The summed E-state index contributed by atoms with van der Waals surface area (Å²) >= 11 is 0. The lowest BCUT2D eigenvalue weighted by Crippen LogP contribution is -2.34. The van der Waals surface area contributed by atoms with Crippen molar-refractivity contribution < 1.29 is 42.9 Å². The van der Waals surface area contributed by atoms with Crippen LogP contribution < -0.4 is 34.4 Å². The van der Waals surface area contributed by atoms with E-state index in [4.69, 9.17) is 23.7 Å². The summed E-state index contributed by atoms with van der Waals surface area (Å²) in [7, 11) is 4.29. The summed E-state index contributed by atoms with van der Waals surface area (Å²) in [6.07, 6.45) is 1.29. The fourth-order valence-electron chi connectivity index (χ4n) is 3.93. The fourth-order valence-corrected chi connectivity index (χ4v) is 3.93. The van der Waals surface area contributed by atoms with Crippen LogP contribution in [0.3, 0.4) is 0 Å². The number of hydrogen-bond acceptors (Lipinski definition) is 10. The van der Waals surface area contributed by atoms with Crippen LogP contribution in [0.1, 0.15) is 36.6 Å². The molecule has 0 aromatic heterocycles. The van der Waals surface area contributed by atoms with Gasteiger partial charge in [-0.05, 0) is 60.2 Å². The van der Waals surface area contributed by atoms with Crippen LogP contribution in [0.2, 0.25) is 0 Å². The minimum absolute atomic E-state index is 0.00354. The van der Waals surface area contributed by atoms with Crippen molar-refractivity contribution in [2.75, 3.05) is 27.9 Å². The van der Waals surface area contributed by atoms with E-state index < -0.39 is 23.8 Å². The molecule has 4 aromatic rings. The maximum Gasteiger partial charge on any atom is 0.343 e. The number of esters is 2. The smallest absolute Gasteiger partial charge is 0.343 e. The van der Waals surface area contributed by atoms with Crippen molar-refractivity contribution in [2.24, 2.45) is 5.10 Å². The molecule has 0 aliphatic heterocycles. The molecule has 2 amide bonds. The van der Waals surface area contributed by atoms with Crippen molar-refractivity contribution in [3.8, 4) is 28.7 Å². The lowest BCUT2D eigenvalue weighted by molar-refractivity contribution is -0.120. The number of benzene rings is 4. The van der Waals surface area contributed by atoms with E-state index in [0.29, 0.717) is 16.9 Å². The summed E-state index contributed by atoms with van der Waals surface area (Å²) in [4.78, 5) is 50.4. The zero-order valence-corrected chi connectivity index (χ0v) is 24.6. The zero-order valence-electron chi connectivity index (χ0n) is 24.6. The van der Waals surface area contributed by atoms with Gasteiger partial charge in [0.1, 0.15) is 0 Å². The molecule has 12 heteroatoms. The Balaban J connectivity index is 1.42. The zero-order chi connectivity index (χ0) is 32.2. The number of ether oxygens (including phenoxy) is 5. The molecule has 0 fully saturated rings. The van der Waals surface area contributed by atoms with Gasteiger partial charge in [-0.25, -0.2) is 15.0 Å². The van der Waals surface area contributed by atoms with Gasteiger partial charge in [0.05, 0.1) is 45.2 Å². The molecule has 0 saturated carbocycles. The highest BCUT2D eigenvalue weighted by Crippen LogP contribution is 2.38. The molecular weight excluding hydrogens is 582 g/mol. The van der Waals surface area contributed by atoms with Crippen molar-refractivity contribution in [2.45, 2.75) is 0 Å². The molecule has 12 nitrogen and oxygen atoms in total. The topological polar surface area (TPSA) is 151 Å². The van der Waals surface area contributed by atoms with Crippen molar-refractivity contribution in [3.63, 3.8) is 0 Å². The molecule has 2 N–H and O–H groups in total. The third kappa shape index (κ3) is 8.45. The second-order valence-electron chi connectivity index (χ2n) is 9.11. The van der Waals surface area contributed by atoms with Gasteiger partial charge in [0.2, 0.25) is 5.75 Å². The van der Waals surface area contributed by atoms with Crippen LogP contribution in [0.5, 0.6) is 28.7 Å². The lowest BCUT2D eigenvalue weighted by Gasteiger charge is -2.14. The van der Waals surface area contributed by atoms with Crippen LogP contribution in [0, 0.1) is 0 Å². The maximum atomic E-state index is 12.8. The molecule has 0 radical (unpaired) electrons. The first-order valence-corrected chi connectivity index (χ1v) is 13.4. The number of amides is 2. The first kappa shape index (κ1) is 31.8. The third-order valence-corrected chi connectivity index (χ3v) is 6.13. The molecule has 0 atom stereocenters. The second kappa shape index (κ2) is 15.3. The molecule has 45 heavy (non-hydrogen) atoms. The predicted molar refractivity (Wildman–Crippen MR) is 163 cm³/mol. The van der Waals surface area contributed by atoms with Gasteiger partial charge >= 0.3 is 11.9 Å². The third-order valence-electron chi connectivity index (χ3n) is 6.13. The van der Waals surface area contributed by atoms with Gasteiger partial charge in [-0.1, -0.05) is 36.4 Å². The predicted octanol–water partition coefficient (Wildman–Crippen LogP) is 4.03. The number of carbonyl (C=O) groups is 4. The Kier molecular flexibility index (Phi) is 10.8. The van der Waals surface area contributed by atoms with E-state index in [1.807, 2.05) is 0 Å². The van der Waals surface area contributed by atoms with Crippen molar-refractivity contribution in [3.05, 3.63) is 113 Å². The first-order valence-electron chi connectivity index (χ1n) is 13.4. The maximum absolute atomic E-state index is 12.8. The van der Waals surface area contributed by atoms with E-state index in [0.717, 1.165) is 0 Å². The van der Waals surface area contributed by atoms with Crippen molar-refractivity contribution in [1.29, 1.82) is 0 Å². The summed E-state index contributed by atoms with van der Waals surface area (Å²) in [5.41, 5.74) is 3.50. The molecule has 0 saturated heterocycles. The van der Waals surface area contributed by atoms with E-state index >= 15 is 0 Å². The largest absolute Gasteiger partial charge is 0.493 e. The number of nitrogens with one attached hydrogen (secondary N) is 2. The van der Waals surface area contributed by atoms with Gasteiger partial charge in [-0.15, -0.1) is 0 Å². The SMILES string of the molecule is COc1cc(C(=O)NCC(=O)N/N=C\c2ccc(OC(=O)c3ccccc3)c(OC(=O)c3ccccc3)c2)cc(OC)c1OC. The average molecular weight is 612 g/mol. The highest BCUT2D eigenvalue weighted by molar-refractivity contribution is 5.98. The van der Waals surface area contributed by atoms with Gasteiger partial charge < -0.3 is 29.0 Å². The Morgan fingerprint density at radius 2 is 1.20 bits per heavy atom. The van der Waals surface area contributed by atoms with E-state index in [9.17, 15) is 19.2 Å². The van der Waals surface area contributed by atoms with E-state index in [1.165, 1.54) is 51.8 Å². The fraction of sp³-hybridized carbons (Fsp3) is 0.121. The molecule has 4 aromatic carbocycles. The summed E-state index contributed by atoms with van der Waals surface area (Å²) in [6, 6.07) is 24.0. The number of hydrogen-bond donors (Lipinski definition) is 2. The van der Waals surface area contributed by atoms with Crippen LogP contribution in [-0.2, 0) is 4.79 Å². The van der Waals surface area contributed by atoms with Gasteiger partial charge in [0.25, 0.3) is 11.8 Å². The summed E-state index contributed by atoms with van der Waals surface area (Å²) in [5, 5.41) is 6.40. The lowest BCUT2D eigenvalue weighted by atomic mass is 10.1. The molecule has 0 heterocycles. The molecule has 0 aliphatic rings. The van der Waals surface area contributed by atoms with Crippen molar-refractivity contribution in [1.82, 2.24) is 10.7 Å². The van der Waals surface area contributed by atoms with Crippen LogP contribution >= 0.6 is 0 Å². The van der Waals surface area contributed by atoms with Gasteiger partial charge in [0.15, 0.2) is 23.0 Å². The molecule has 0 aliphatic carbocycles. The standard InChI is InChI=1S/C33H29N3O9/c1-41-27-17-24(18-28(42-2)30(27)43-3)31(38)34-20-29(37)36-35-19-21-14-15-25(44-32(39)22-10-6-4-7-11-22)26(16-21)45-33(40)23-12-8-5-9-13-23/h4-19H,20H2,1-3H3,(H,34,38)(H,36,37)/b35-19-. The number of hydrazone groups is 1. The van der Waals surface area contributed by atoms with E-state index in [2.05, 4.69) is 15.8 Å². The molecule has 0 unspecified atom stereocenters. The van der Waals surface area contributed by atoms with Crippen LogP contribution in [0.25, 0.3) is 0 Å². The summed E-state index contributed by atoms with van der Waals surface area (Å²) in [6.45, 7) is -0.388. The highest BCUT2D eigenvalue weighted by Gasteiger charge is 2.19. The Hall–Kier alpha value is -6.17. The van der Waals surface area contributed by atoms with Crippen molar-refractivity contribution >= 4 is 30.0 Å². The van der Waals surface area contributed by atoms with Crippen LogP contribution in [-0.4, -0.2) is 57.8 Å². The van der Waals surface area contributed by atoms with E-state index in [-0.39, 0.29) is 40.7 Å². The number of methoxy groups -OCH3 is 3. The van der Waals surface area contributed by atoms with E-state index in [1.54, 1.807) is 66.7 Å². The first-order chi connectivity index (χ1) is 21.8. The monoisotopic (exact) mass is 611 g/mol. The quantitative estimate of drug-likeness (QED) is 0.105. The minimum Gasteiger partial charge on any atom is -0.493 e. The number of carbonyl (C=O) groups excluding carboxylic acids is 4. The molecular formula is C33H29N3O9. The Morgan fingerprint density at radius 3 is 1.73 bits per heavy atom.